The van der Waals surface area contributed by atoms with Gasteiger partial charge in [0.15, 0.2) is 0 Å². The van der Waals surface area contributed by atoms with Gasteiger partial charge in [-0.3, -0.25) is 4.79 Å². The van der Waals surface area contributed by atoms with Gasteiger partial charge in [-0.1, -0.05) is 29.8 Å². The van der Waals surface area contributed by atoms with Crippen molar-refractivity contribution in [2.75, 3.05) is 11.9 Å². The molecular weight excluding hydrogens is 284 g/mol. The van der Waals surface area contributed by atoms with Crippen molar-refractivity contribution in [3.05, 3.63) is 64.2 Å². The summed E-state index contributed by atoms with van der Waals surface area (Å²) in [5.74, 6) is -0.0269. The van der Waals surface area contributed by atoms with E-state index in [0.717, 1.165) is 30.8 Å². The zero-order valence-electron chi connectivity index (χ0n) is 11.7. The molecule has 0 fully saturated rings. The molecule has 2 N–H and O–H groups in total. The van der Waals surface area contributed by atoms with Crippen LogP contribution in [0.5, 0.6) is 0 Å². The van der Waals surface area contributed by atoms with Gasteiger partial charge in [0.05, 0.1) is 6.42 Å². The zero-order chi connectivity index (χ0) is 14.7. The van der Waals surface area contributed by atoms with E-state index in [2.05, 4.69) is 22.8 Å². The number of benzene rings is 2. The number of nitrogens with one attached hydrogen (secondary N) is 2. The fraction of sp³-hybridized carbons (Fsp3) is 0.235. The van der Waals surface area contributed by atoms with Crippen molar-refractivity contribution in [2.24, 2.45) is 0 Å². The number of amides is 1. The number of carbonyl (C=O) groups excluding carboxylic acids is 1. The lowest BCUT2D eigenvalue weighted by Gasteiger charge is -2.18. The Morgan fingerprint density at radius 1 is 1.19 bits per heavy atom. The molecule has 2 aromatic carbocycles. The molecule has 0 aromatic heterocycles. The Balaban J connectivity index is 1.67. The molecule has 1 heterocycles. The van der Waals surface area contributed by atoms with Crippen molar-refractivity contribution in [3.8, 4) is 0 Å². The van der Waals surface area contributed by atoms with E-state index in [1.165, 1.54) is 11.1 Å². The van der Waals surface area contributed by atoms with Crippen LogP contribution in [0.15, 0.2) is 42.5 Å². The first-order valence-corrected chi connectivity index (χ1v) is 7.45. The van der Waals surface area contributed by atoms with Crippen LogP contribution in [0.2, 0.25) is 5.02 Å². The number of anilines is 1. The van der Waals surface area contributed by atoms with E-state index < -0.39 is 0 Å². The molecule has 0 atom stereocenters. The Kier molecular flexibility index (Phi) is 4.23. The second-order valence-electron chi connectivity index (χ2n) is 5.27. The number of carbonyl (C=O) groups is 1. The third-order valence-electron chi connectivity index (χ3n) is 3.63. The number of halogens is 1. The molecule has 1 aliphatic rings. The van der Waals surface area contributed by atoms with E-state index in [4.69, 9.17) is 11.6 Å². The summed E-state index contributed by atoms with van der Waals surface area (Å²) < 4.78 is 0. The smallest absolute Gasteiger partial charge is 0.228 e. The van der Waals surface area contributed by atoms with Crippen LogP contribution < -0.4 is 10.6 Å². The van der Waals surface area contributed by atoms with Crippen LogP contribution in [0.3, 0.4) is 0 Å². The monoisotopic (exact) mass is 300 g/mol. The van der Waals surface area contributed by atoms with E-state index in [-0.39, 0.29) is 5.91 Å². The number of hydrogen-bond donors (Lipinski definition) is 2. The molecule has 0 spiro atoms. The minimum absolute atomic E-state index is 0.0269. The Bertz CT molecular complexity index is 670. The first kappa shape index (κ1) is 14.1. The highest BCUT2D eigenvalue weighted by Crippen LogP contribution is 2.19. The standard InChI is InChI=1S/C17H17ClN2O/c18-15-3-1-2-12(8-15)9-17(21)20-16-5-4-13-6-7-19-11-14(13)10-16/h1-5,8,10,19H,6-7,9,11H2,(H,20,21). The maximum atomic E-state index is 12.1. The molecule has 3 nitrogen and oxygen atoms in total. The van der Waals surface area contributed by atoms with Crippen LogP contribution in [0.1, 0.15) is 16.7 Å². The highest BCUT2D eigenvalue weighted by Gasteiger charge is 2.10. The zero-order valence-corrected chi connectivity index (χ0v) is 12.4. The van der Waals surface area contributed by atoms with E-state index in [1.807, 2.05) is 24.3 Å². The molecule has 1 aliphatic heterocycles. The Morgan fingerprint density at radius 3 is 2.95 bits per heavy atom. The lowest BCUT2D eigenvalue weighted by molar-refractivity contribution is -0.115. The quantitative estimate of drug-likeness (QED) is 0.914. The number of fused-ring (bicyclic) bond motifs is 1. The normalized spacial score (nSPS) is 13.6. The van der Waals surface area contributed by atoms with E-state index in [1.54, 1.807) is 6.07 Å². The summed E-state index contributed by atoms with van der Waals surface area (Å²) >= 11 is 5.93. The lowest BCUT2D eigenvalue weighted by Crippen LogP contribution is -2.24. The molecule has 108 valence electrons. The Morgan fingerprint density at radius 2 is 2.10 bits per heavy atom. The second kappa shape index (κ2) is 6.29. The van der Waals surface area contributed by atoms with Crippen LogP contribution in [0, 0.1) is 0 Å². The predicted octanol–water partition coefficient (Wildman–Crippen LogP) is 3.17. The van der Waals surface area contributed by atoms with Gasteiger partial charge in [0.1, 0.15) is 0 Å². The predicted molar refractivity (Wildman–Crippen MR) is 85.6 cm³/mol. The molecule has 0 saturated heterocycles. The van der Waals surface area contributed by atoms with Gasteiger partial charge in [-0.2, -0.15) is 0 Å². The summed E-state index contributed by atoms with van der Waals surface area (Å²) in [6.07, 6.45) is 1.38. The van der Waals surface area contributed by atoms with Gasteiger partial charge in [0, 0.05) is 17.3 Å². The van der Waals surface area contributed by atoms with Gasteiger partial charge in [-0.25, -0.2) is 0 Å². The summed E-state index contributed by atoms with van der Waals surface area (Å²) in [6, 6.07) is 13.5. The summed E-state index contributed by atoms with van der Waals surface area (Å²) in [5, 5.41) is 6.94. The maximum absolute atomic E-state index is 12.1. The van der Waals surface area contributed by atoms with Crippen molar-refractivity contribution in [1.29, 1.82) is 0 Å². The SMILES string of the molecule is O=C(Cc1cccc(Cl)c1)Nc1ccc2c(c1)CNCC2. The van der Waals surface area contributed by atoms with Crippen LogP contribution in [-0.4, -0.2) is 12.5 Å². The van der Waals surface area contributed by atoms with E-state index in [9.17, 15) is 4.79 Å². The third kappa shape index (κ3) is 3.63. The minimum Gasteiger partial charge on any atom is -0.326 e. The Hall–Kier alpha value is -1.84. The highest BCUT2D eigenvalue weighted by molar-refractivity contribution is 6.30. The van der Waals surface area contributed by atoms with Crippen molar-refractivity contribution in [2.45, 2.75) is 19.4 Å². The van der Waals surface area contributed by atoms with Gasteiger partial charge in [0.25, 0.3) is 0 Å². The number of hydrogen-bond acceptors (Lipinski definition) is 2. The summed E-state index contributed by atoms with van der Waals surface area (Å²) in [4.78, 5) is 12.1. The van der Waals surface area contributed by atoms with Crippen molar-refractivity contribution in [1.82, 2.24) is 5.32 Å². The first-order valence-electron chi connectivity index (χ1n) is 7.07. The summed E-state index contributed by atoms with van der Waals surface area (Å²) in [7, 11) is 0. The molecule has 4 heteroatoms. The molecule has 2 aromatic rings. The van der Waals surface area contributed by atoms with Crippen LogP contribution >= 0.6 is 11.6 Å². The summed E-state index contributed by atoms with van der Waals surface area (Å²) in [5.41, 5.74) is 4.40. The molecule has 0 radical (unpaired) electrons. The van der Waals surface area contributed by atoms with Crippen LogP contribution in [0.4, 0.5) is 5.69 Å². The molecule has 3 rings (SSSR count). The van der Waals surface area contributed by atoms with E-state index >= 15 is 0 Å². The molecule has 0 aliphatic carbocycles. The van der Waals surface area contributed by atoms with Crippen molar-refractivity contribution >= 4 is 23.2 Å². The molecule has 0 unspecified atom stereocenters. The molecule has 1 amide bonds. The van der Waals surface area contributed by atoms with Gasteiger partial charge in [-0.15, -0.1) is 0 Å². The highest BCUT2D eigenvalue weighted by atomic mass is 35.5. The average Bonchev–Trinajstić information content (AvgIpc) is 2.47. The lowest BCUT2D eigenvalue weighted by atomic mass is 10.0. The Labute approximate surface area is 129 Å². The van der Waals surface area contributed by atoms with Gasteiger partial charge in [-0.05, 0) is 53.9 Å². The fourth-order valence-electron chi connectivity index (χ4n) is 2.60. The van der Waals surface area contributed by atoms with Gasteiger partial charge < -0.3 is 10.6 Å². The van der Waals surface area contributed by atoms with Crippen LogP contribution in [-0.2, 0) is 24.2 Å². The largest absolute Gasteiger partial charge is 0.326 e. The molecule has 0 bridgehead atoms. The van der Waals surface area contributed by atoms with Gasteiger partial charge >= 0.3 is 0 Å². The third-order valence-corrected chi connectivity index (χ3v) is 3.87. The average molecular weight is 301 g/mol. The topological polar surface area (TPSA) is 41.1 Å². The molecular formula is C17H17ClN2O. The van der Waals surface area contributed by atoms with E-state index in [0.29, 0.717) is 11.4 Å². The van der Waals surface area contributed by atoms with Crippen LogP contribution in [0.25, 0.3) is 0 Å². The minimum atomic E-state index is -0.0269. The second-order valence-corrected chi connectivity index (χ2v) is 5.70. The fourth-order valence-corrected chi connectivity index (χ4v) is 2.81. The van der Waals surface area contributed by atoms with Crippen molar-refractivity contribution < 1.29 is 4.79 Å². The molecule has 21 heavy (non-hydrogen) atoms. The molecule has 0 saturated carbocycles. The summed E-state index contributed by atoms with van der Waals surface area (Å²) in [6.45, 7) is 1.89. The number of rotatable bonds is 3. The first-order chi connectivity index (χ1) is 10.2. The van der Waals surface area contributed by atoms with Crippen molar-refractivity contribution in [3.63, 3.8) is 0 Å². The maximum Gasteiger partial charge on any atom is 0.228 e. The van der Waals surface area contributed by atoms with Gasteiger partial charge in [0.2, 0.25) is 5.91 Å².